The zero-order valence-electron chi connectivity index (χ0n) is 18.5. The van der Waals surface area contributed by atoms with Gasteiger partial charge in [-0.25, -0.2) is 4.98 Å². The Morgan fingerprint density at radius 2 is 1.84 bits per heavy atom. The number of benzene rings is 2. The van der Waals surface area contributed by atoms with Crippen molar-refractivity contribution in [3.63, 3.8) is 0 Å². The lowest BCUT2D eigenvalue weighted by Gasteiger charge is -2.32. The summed E-state index contributed by atoms with van der Waals surface area (Å²) in [4.78, 5) is 19.6. The van der Waals surface area contributed by atoms with E-state index in [-0.39, 0.29) is 5.91 Å². The molecular weight excluding hydrogens is 422 g/mol. The van der Waals surface area contributed by atoms with Gasteiger partial charge in [0.15, 0.2) is 0 Å². The van der Waals surface area contributed by atoms with Gasteiger partial charge in [0, 0.05) is 18.5 Å². The first-order chi connectivity index (χ1) is 15.7. The van der Waals surface area contributed by atoms with Gasteiger partial charge in [-0.1, -0.05) is 24.3 Å². The summed E-state index contributed by atoms with van der Waals surface area (Å²) in [5.41, 5.74) is 2.67. The molecule has 6 nitrogen and oxygen atoms in total. The van der Waals surface area contributed by atoms with Gasteiger partial charge >= 0.3 is 0 Å². The van der Waals surface area contributed by atoms with Crippen LogP contribution < -0.4 is 14.8 Å². The molecule has 1 fully saturated rings. The summed E-state index contributed by atoms with van der Waals surface area (Å²) in [6, 6.07) is 16.0. The van der Waals surface area contributed by atoms with Crippen LogP contribution in [-0.4, -0.2) is 49.6 Å². The van der Waals surface area contributed by atoms with Crippen LogP contribution in [0.1, 0.15) is 28.9 Å². The summed E-state index contributed by atoms with van der Waals surface area (Å²) in [7, 11) is 3.33. The van der Waals surface area contributed by atoms with Crippen molar-refractivity contribution in [1.82, 2.24) is 15.2 Å². The standard InChI is InChI=1S/C25H29N3O3S/c1-30-20-9-7-19(8-10-20)16-28-13-11-18(12-14-28)15-26-24(29)22-17-32-25(27-22)21-5-3-4-6-23(21)31-2/h3-10,17-18H,11-16H2,1-2H3,(H,26,29). The molecule has 1 saturated heterocycles. The van der Waals surface area contributed by atoms with Gasteiger partial charge in [0.05, 0.1) is 19.8 Å². The van der Waals surface area contributed by atoms with Crippen LogP contribution in [0.15, 0.2) is 53.9 Å². The van der Waals surface area contributed by atoms with Crippen LogP contribution in [0.25, 0.3) is 10.6 Å². The van der Waals surface area contributed by atoms with E-state index in [1.165, 1.54) is 16.9 Å². The smallest absolute Gasteiger partial charge is 0.270 e. The molecule has 168 valence electrons. The molecule has 0 aliphatic carbocycles. The molecule has 0 spiro atoms. The fourth-order valence-corrected chi connectivity index (χ4v) is 4.82. The van der Waals surface area contributed by atoms with Crippen molar-refractivity contribution in [2.45, 2.75) is 19.4 Å². The molecule has 0 radical (unpaired) electrons. The lowest BCUT2D eigenvalue weighted by Crippen LogP contribution is -2.38. The maximum Gasteiger partial charge on any atom is 0.270 e. The highest BCUT2D eigenvalue weighted by Gasteiger charge is 2.21. The average molecular weight is 452 g/mol. The number of nitrogens with zero attached hydrogens (tertiary/aromatic N) is 2. The maximum atomic E-state index is 12.6. The number of para-hydroxylation sites is 1. The normalized spacial score (nSPS) is 14.8. The highest BCUT2D eigenvalue weighted by molar-refractivity contribution is 7.13. The second-order valence-corrected chi connectivity index (χ2v) is 8.87. The van der Waals surface area contributed by atoms with Crippen LogP contribution in [0.2, 0.25) is 0 Å². The highest BCUT2D eigenvalue weighted by atomic mass is 32.1. The Morgan fingerprint density at radius 3 is 2.56 bits per heavy atom. The van der Waals surface area contributed by atoms with Crippen LogP contribution in [-0.2, 0) is 6.54 Å². The molecule has 1 aliphatic heterocycles. The summed E-state index contributed by atoms with van der Waals surface area (Å²) in [5, 5.41) is 5.69. The summed E-state index contributed by atoms with van der Waals surface area (Å²) in [6.07, 6.45) is 2.17. The number of carbonyl (C=O) groups is 1. The van der Waals surface area contributed by atoms with Gasteiger partial charge in [-0.3, -0.25) is 9.69 Å². The molecule has 4 rings (SSSR count). The number of carbonyl (C=O) groups excluding carboxylic acids is 1. The number of amides is 1. The number of nitrogens with one attached hydrogen (secondary N) is 1. The van der Waals surface area contributed by atoms with Gasteiger partial charge in [-0.2, -0.15) is 0 Å². The number of ether oxygens (including phenoxy) is 2. The molecule has 2 aromatic carbocycles. The SMILES string of the molecule is COc1ccc(CN2CCC(CNC(=O)c3csc(-c4ccccc4OC)n3)CC2)cc1. The van der Waals surface area contributed by atoms with Crippen molar-refractivity contribution in [1.29, 1.82) is 0 Å². The van der Waals surface area contributed by atoms with Gasteiger partial charge in [0.1, 0.15) is 22.2 Å². The number of rotatable bonds is 8. The molecule has 0 atom stereocenters. The Balaban J connectivity index is 1.24. The third-order valence-electron chi connectivity index (χ3n) is 5.90. The molecule has 32 heavy (non-hydrogen) atoms. The average Bonchev–Trinajstić information content (AvgIpc) is 3.34. The zero-order chi connectivity index (χ0) is 22.3. The van der Waals surface area contributed by atoms with Gasteiger partial charge in [-0.15, -0.1) is 11.3 Å². The first-order valence-electron chi connectivity index (χ1n) is 10.9. The molecule has 0 unspecified atom stereocenters. The van der Waals surface area contributed by atoms with Crippen molar-refractivity contribution < 1.29 is 14.3 Å². The van der Waals surface area contributed by atoms with E-state index in [1.807, 2.05) is 41.8 Å². The predicted molar refractivity (Wildman–Crippen MR) is 127 cm³/mol. The Morgan fingerprint density at radius 1 is 1.09 bits per heavy atom. The molecule has 3 aromatic rings. The van der Waals surface area contributed by atoms with Crippen molar-refractivity contribution in [3.05, 3.63) is 65.2 Å². The van der Waals surface area contributed by atoms with Crippen molar-refractivity contribution in [2.75, 3.05) is 33.9 Å². The number of hydrogen-bond acceptors (Lipinski definition) is 6. The zero-order valence-corrected chi connectivity index (χ0v) is 19.4. The number of aromatic nitrogens is 1. The largest absolute Gasteiger partial charge is 0.497 e. The molecule has 1 aliphatic rings. The van der Waals surface area contributed by atoms with Gasteiger partial charge in [-0.05, 0) is 61.7 Å². The maximum absolute atomic E-state index is 12.6. The molecule has 0 bridgehead atoms. The molecule has 7 heteroatoms. The monoisotopic (exact) mass is 451 g/mol. The van der Waals surface area contributed by atoms with E-state index >= 15 is 0 Å². The first kappa shape index (κ1) is 22.3. The van der Waals surface area contributed by atoms with Crippen molar-refractivity contribution in [3.8, 4) is 22.1 Å². The van der Waals surface area contributed by atoms with Crippen LogP contribution >= 0.6 is 11.3 Å². The number of methoxy groups -OCH3 is 2. The van der Waals surface area contributed by atoms with Gasteiger partial charge < -0.3 is 14.8 Å². The Hall–Kier alpha value is -2.90. The Kier molecular flexibility index (Phi) is 7.39. The lowest BCUT2D eigenvalue weighted by molar-refractivity contribution is 0.0931. The summed E-state index contributed by atoms with van der Waals surface area (Å²) in [6.45, 7) is 3.73. The summed E-state index contributed by atoms with van der Waals surface area (Å²) < 4.78 is 10.6. The topological polar surface area (TPSA) is 63.7 Å². The number of likely N-dealkylation sites (tertiary alicyclic amines) is 1. The predicted octanol–water partition coefficient (Wildman–Crippen LogP) is 4.47. The summed E-state index contributed by atoms with van der Waals surface area (Å²) >= 11 is 1.46. The minimum absolute atomic E-state index is 0.108. The molecular formula is C25H29N3O3S. The fraction of sp³-hybridized carbons (Fsp3) is 0.360. The Bertz CT molecular complexity index is 1030. The van der Waals surface area contributed by atoms with E-state index in [0.717, 1.165) is 54.5 Å². The third kappa shape index (κ3) is 5.47. The van der Waals surface area contributed by atoms with E-state index in [1.54, 1.807) is 14.2 Å². The third-order valence-corrected chi connectivity index (χ3v) is 6.77. The quantitative estimate of drug-likeness (QED) is 0.548. The van der Waals surface area contributed by atoms with Crippen LogP contribution in [0.5, 0.6) is 11.5 Å². The minimum atomic E-state index is -0.108. The number of hydrogen-bond donors (Lipinski definition) is 1. The number of piperidine rings is 1. The number of thiazole rings is 1. The molecule has 1 aromatic heterocycles. The van der Waals surface area contributed by atoms with E-state index in [2.05, 4.69) is 27.3 Å². The van der Waals surface area contributed by atoms with Gasteiger partial charge in [0.2, 0.25) is 0 Å². The highest BCUT2D eigenvalue weighted by Crippen LogP contribution is 2.31. The van der Waals surface area contributed by atoms with E-state index in [9.17, 15) is 4.79 Å². The van der Waals surface area contributed by atoms with Gasteiger partial charge in [0.25, 0.3) is 5.91 Å². The van der Waals surface area contributed by atoms with E-state index < -0.39 is 0 Å². The minimum Gasteiger partial charge on any atom is -0.497 e. The van der Waals surface area contributed by atoms with Crippen molar-refractivity contribution in [2.24, 2.45) is 5.92 Å². The molecule has 1 N–H and O–H groups in total. The second kappa shape index (κ2) is 10.6. The molecule has 1 amide bonds. The van der Waals surface area contributed by atoms with Crippen LogP contribution in [0.4, 0.5) is 0 Å². The first-order valence-corrected chi connectivity index (χ1v) is 11.8. The molecule has 0 saturated carbocycles. The Labute approximate surface area is 193 Å². The second-order valence-electron chi connectivity index (χ2n) is 8.02. The van der Waals surface area contributed by atoms with E-state index in [4.69, 9.17) is 9.47 Å². The summed E-state index contributed by atoms with van der Waals surface area (Å²) in [5.74, 6) is 2.04. The fourth-order valence-electron chi connectivity index (χ4n) is 3.99. The lowest BCUT2D eigenvalue weighted by atomic mass is 9.96. The van der Waals surface area contributed by atoms with Crippen LogP contribution in [0, 0.1) is 5.92 Å². The van der Waals surface area contributed by atoms with Crippen LogP contribution in [0.3, 0.4) is 0 Å². The van der Waals surface area contributed by atoms with Crippen molar-refractivity contribution >= 4 is 17.2 Å². The van der Waals surface area contributed by atoms with E-state index in [0.29, 0.717) is 18.2 Å². The molecule has 2 heterocycles.